The quantitative estimate of drug-likeness (QED) is 0.864. The fourth-order valence-electron chi connectivity index (χ4n) is 2.15. The van der Waals surface area contributed by atoms with Gasteiger partial charge in [-0.25, -0.2) is 0 Å². The van der Waals surface area contributed by atoms with Gasteiger partial charge >= 0.3 is 0 Å². The summed E-state index contributed by atoms with van der Waals surface area (Å²) in [6, 6.07) is 4.15. The zero-order valence-electron chi connectivity index (χ0n) is 11.0. The SMILES string of the molecule is CN(CC(C)(C)N)c1ccc(C2CCC2)nn1. The Morgan fingerprint density at radius 1 is 1.35 bits per heavy atom. The van der Waals surface area contributed by atoms with Gasteiger partial charge in [0, 0.05) is 25.0 Å². The minimum absolute atomic E-state index is 0.219. The van der Waals surface area contributed by atoms with Gasteiger partial charge in [-0.2, -0.15) is 5.10 Å². The number of anilines is 1. The van der Waals surface area contributed by atoms with Gasteiger partial charge in [-0.3, -0.25) is 0 Å². The molecule has 4 heteroatoms. The molecule has 0 spiro atoms. The summed E-state index contributed by atoms with van der Waals surface area (Å²) >= 11 is 0. The fourth-order valence-corrected chi connectivity index (χ4v) is 2.15. The molecule has 1 aliphatic carbocycles. The second kappa shape index (κ2) is 4.61. The average molecular weight is 234 g/mol. The molecule has 0 bridgehead atoms. The van der Waals surface area contributed by atoms with Gasteiger partial charge in [-0.15, -0.1) is 5.10 Å². The largest absolute Gasteiger partial charge is 0.356 e. The lowest BCUT2D eigenvalue weighted by molar-refractivity contribution is 0.408. The minimum Gasteiger partial charge on any atom is -0.356 e. The molecular formula is C13H22N4. The third-order valence-electron chi connectivity index (χ3n) is 3.23. The molecule has 1 aromatic rings. The van der Waals surface area contributed by atoms with Gasteiger partial charge in [0.05, 0.1) is 5.69 Å². The zero-order chi connectivity index (χ0) is 12.5. The van der Waals surface area contributed by atoms with Gasteiger partial charge in [0.1, 0.15) is 0 Å². The van der Waals surface area contributed by atoms with Crippen LogP contribution >= 0.6 is 0 Å². The molecule has 1 heterocycles. The predicted molar refractivity (Wildman–Crippen MR) is 70.2 cm³/mol. The highest BCUT2D eigenvalue weighted by molar-refractivity contribution is 5.37. The van der Waals surface area contributed by atoms with Gasteiger partial charge in [0.15, 0.2) is 5.82 Å². The summed E-state index contributed by atoms with van der Waals surface area (Å²) in [5, 5.41) is 8.61. The first kappa shape index (κ1) is 12.3. The molecule has 1 aromatic heterocycles. The Hall–Kier alpha value is -1.16. The molecule has 94 valence electrons. The first-order valence-electron chi connectivity index (χ1n) is 6.29. The molecule has 2 N–H and O–H groups in total. The maximum atomic E-state index is 5.99. The lowest BCUT2D eigenvalue weighted by atomic mass is 9.83. The van der Waals surface area contributed by atoms with Crippen molar-refractivity contribution in [2.75, 3.05) is 18.5 Å². The molecule has 0 unspecified atom stereocenters. The minimum atomic E-state index is -0.219. The highest BCUT2D eigenvalue weighted by Crippen LogP contribution is 2.35. The number of hydrogen-bond donors (Lipinski definition) is 1. The van der Waals surface area contributed by atoms with E-state index in [0.717, 1.165) is 18.1 Å². The van der Waals surface area contributed by atoms with Gasteiger partial charge in [0.2, 0.25) is 0 Å². The van der Waals surface area contributed by atoms with E-state index in [0.29, 0.717) is 5.92 Å². The molecule has 2 rings (SSSR count). The van der Waals surface area contributed by atoms with Crippen LogP contribution in [-0.4, -0.2) is 29.3 Å². The van der Waals surface area contributed by atoms with Crippen LogP contribution in [0.5, 0.6) is 0 Å². The Labute approximate surface area is 103 Å². The monoisotopic (exact) mass is 234 g/mol. The topological polar surface area (TPSA) is 55.0 Å². The van der Waals surface area contributed by atoms with Crippen LogP contribution in [0.15, 0.2) is 12.1 Å². The molecule has 1 aliphatic rings. The third kappa shape index (κ3) is 3.16. The van der Waals surface area contributed by atoms with E-state index in [1.807, 2.05) is 27.0 Å². The Kier molecular flexibility index (Phi) is 3.33. The Balaban J connectivity index is 2.01. The maximum absolute atomic E-state index is 5.99. The molecule has 1 saturated carbocycles. The van der Waals surface area contributed by atoms with Crippen LogP contribution in [0.3, 0.4) is 0 Å². The van der Waals surface area contributed by atoms with E-state index in [1.54, 1.807) is 0 Å². The molecule has 17 heavy (non-hydrogen) atoms. The number of likely N-dealkylation sites (N-methyl/N-ethyl adjacent to an activating group) is 1. The van der Waals surface area contributed by atoms with Crippen molar-refractivity contribution in [2.24, 2.45) is 5.73 Å². The molecule has 0 aromatic carbocycles. The van der Waals surface area contributed by atoms with Crippen molar-refractivity contribution in [1.82, 2.24) is 10.2 Å². The summed E-state index contributed by atoms with van der Waals surface area (Å²) in [5.41, 5.74) is 6.91. The van der Waals surface area contributed by atoms with Crippen molar-refractivity contribution in [1.29, 1.82) is 0 Å². The standard InChI is InChI=1S/C13H22N4/c1-13(2,14)9-17(3)12-8-7-11(15-16-12)10-5-4-6-10/h7-8,10H,4-6,9,14H2,1-3H3. The molecule has 0 saturated heterocycles. The van der Waals surface area contributed by atoms with Gasteiger partial charge in [-0.05, 0) is 38.8 Å². The molecule has 0 radical (unpaired) electrons. The van der Waals surface area contributed by atoms with E-state index in [2.05, 4.69) is 21.2 Å². The van der Waals surface area contributed by atoms with Crippen LogP contribution in [0.4, 0.5) is 5.82 Å². The number of hydrogen-bond acceptors (Lipinski definition) is 4. The van der Waals surface area contributed by atoms with E-state index in [-0.39, 0.29) is 5.54 Å². The molecule has 0 amide bonds. The number of nitrogens with two attached hydrogens (primary N) is 1. The number of aromatic nitrogens is 2. The molecular weight excluding hydrogens is 212 g/mol. The Morgan fingerprint density at radius 3 is 2.47 bits per heavy atom. The van der Waals surface area contributed by atoms with E-state index in [4.69, 9.17) is 5.73 Å². The van der Waals surface area contributed by atoms with Crippen LogP contribution in [0.2, 0.25) is 0 Å². The first-order chi connectivity index (χ1) is 7.96. The van der Waals surface area contributed by atoms with Crippen molar-refractivity contribution in [3.63, 3.8) is 0 Å². The summed E-state index contributed by atoms with van der Waals surface area (Å²) in [6.07, 6.45) is 3.86. The summed E-state index contributed by atoms with van der Waals surface area (Å²) in [5.74, 6) is 1.54. The molecule has 0 aliphatic heterocycles. The number of rotatable bonds is 4. The summed E-state index contributed by atoms with van der Waals surface area (Å²) in [4.78, 5) is 2.05. The van der Waals surface area contributed by atoms with Crippen LogP contribution in [0, 0.1) is 0 Å². The lowest BCUT2D eigenvalue weighted by Gasteiger charge is -2.28. The van der Waals surface area contributed by atoms with Gasteiger partial charge in [-0.1, -0.05) is 6.42 Å². The van der Waals surface area contributed by atoms with Crippen molar-refractivity contribution < 1.29 is 0 Å². The van der Waals surface area contributed by atoms with Gasteiger partial charge < -0.3 is 10.6 Å². The summed E-state index contributed by atoms with van der Waals surface area (Å²) in [7, 11) is 2.00. The van der Waals surface area contributed by atoms with Gasteiger partial charge in [0.25, 0.3) is 0 Å². The first-order valence-corrected chi connectivity index (χ1v) is 6.29. The second-order valence-corrected chi connectivity index (χ2v) is 5.79. The van der Waals surface area contributed by atoms with Crippen LogP contribution in [-0.2, 0) is 0 Å². The Bertz CT molecular complexity index is 362. The predicted octanol–water partition coefficient (Wildman–Crippen LogP) is 1.92. The van der Waals surface area contributed by atoms with E-state index in [1.165, 1.54) is 19.3 Å². The van der Waals surface area contributed by atoms with Crippen molar-refractivity contribution in [3.8, 4) is 0 Å². The van der Waals surface area contributed by atoms with E-state index < -0.39 is 0 Å². The van der Waals surface area contributed by atoms with Crippen LogP contribution in [0.25, 0.3) is 0 Å². The van der Waals surface area contributed by atoms with E-state index >= 15 is 0 Å². The normalized spacial score (nSPS) is 16.7. The van der Waals surface area contributed by atoms with Crippen molar-refractivity contribution in [2.45, 2.75) is 44.6 Å². The maximum Gasteiger partial charge on any atom is 0.151 e. The summed E-state index contributed by atoms with van der Waals surface area (Å²) in [6.45, 7) is 4.80. The highest BCUT2D eigenvalue weighted by Gasteiger charge is 2.21. The smallest absolute Gasteiger partial charge is 0.151 e. The Morgan fingerprint density at radius 2 is 2.06 bits per heavy atom. The lowest BCUT2D eigenvalue weighted by Crippen LogP contribution is -2.44. The van der Waals surface area contributed by atoms with Crippen molar-refractivity contribution in [3.05, 3.63) is 17.8 Å². The second-order valence-electron chi connectivity index (χ2n) is 5.79. The molecule has 1 fully saturated rings. The van der Waals surface area contributed by atoms with Crippen LogP contribution in [0.1, 0.15) is 44.7 Å². The number of nitrogens with zero attached hydrogens (tertiary/aromatic N) is 3. The van der Waals surface area contributed by atoms with Crippen molar-refractivity contribution >= 4 is 5.82 Å². The molecule has 0 atom stereocenters. The van der Waals surface area contributed by atoms with Crippen LogP contribution < -0.4 is 10.6 Å². The fraction of sp³-hybridized carbons (Fsp3) is 0.692. The zero-order valence-corrected chi connectivity index (χ0v) is 11.0. The summed E-state index contributed by atoms with van der Waals surface area (Å²) < 4.78 is 0. The third-order valence-corrected chi connectivity index (χ3v) is 3.23. The highest BCUT2D eigenvalue weighted by atomic mass is 15.3. The average Bonchev–Trinajstić information content (AvgIpc) is 2.13. The molecule has 4 nitrogen and oxygen atoms in total. The van der Waals surface area contributed by atoms with E-state index in [9.17, 15) is 0 Å².